The van der Waals surface area contributed by atoms with Crippen molar-refractivity contribution < 1.29 is 14.3 Å². The number of fused-ring (bicyclic) bond motifs is 3. The fraction of sp³-hybridized carbons (Fsp3) is 0.148. The minimum atomic E-state index is -0.662. The average molecular weight is 425 g/mol. The van der Waals surface area contributed by atoms with Crippen LogP contribution in [0.3, 0.4) is 0 Å². The van der Waals surface area contributed by atoms with Crippen LogP contribution in [0.4, 0.5) is 0 Å². The molecular formula is C27H24N2O3. The molecule has 160 valence electrons. The number of nitrogens with one attached hydrogen (secondary N) is 1. The zero-order valence-corrected chi connectivity index (χ0v) is 18.5. The van der Waals surface area contributed by atoms with Gasteiger partial charge in [-0.25, -0.2) is 4.79 Å². The predicted molar refractivity (Wildman–Crippen MR) is 126 cm³/mol. The second-order valence-corrected chi connectivity index (χ2v) is 7.85. The fourth-order valence-corrected chi connectivity index (χ4v) is 4.25. The molecule has 0 aliphatic heterocycles. The van der Waals surface area contributed by atoms with Crippen molar-refractivity contribution in [2.24, 2.45) is 5.10 Å². The van der Waals surface area contributed by atoms with Crippen molar-refractivity contribution in [2.75, 3.05) is 7.11 Å². The van der Waals surface area contributed by atoms with E-state index in [0.29, 0.717) is 11.3 Å². The first-order valence-corrected chi connectivity index (χ1v) is 10.4. The molecule has 1 N–H and O–H groups in total. The molecule has 5 heteroatoms. The summed E-state index contributed by atoms with van der Waals surface area (Å²) < 4.78 is 4.89. The first-order valence-electron chi connectivity index (χ1n) is 10.4. The molecular weight excluding hydrogens is 400 g/mol. The number of carbonyl (C=O) groups is 2. The molecule has 0 saturated heterocycles. The van der Waals surface area contributed by atoms with Gasteiger partial charge in [0.25, 0.3) is 0 Å². The molecule has 0 bridgehead atoms. The molecule has 0 heterocycles. The number of methoxy groups -OCH3 is 1. The number of esters is 1. The van der Waals surface area contributed by atoms with Crippen LogP contribution in [0.25, 0.3) is 11.1 Å². The number of hydrogen-bond donors (Lipinski definition) is 1. The van der Waals surface area contributed by atoms with E-state index < -0.39 is 5.97 Å². The number of carbonyl (C=O) groups excluding carboxylic acids is 2. The zero-order valence-electron chi connectivity index (χ0n) is 18.5. The van der Waals surface area contributed by atoms with Gasteiger partial charge in [0.1, 0.15) is 5.70 Å². The summed E-state index contributed by atoms with van der Waals surface area (Å²) in [5, 5.41) is 4.53. The summed E-state index contributed by atoms with van der Waals surface area (Å²) >= 11 is 0. The molecule has 0 atom stereocenters. The largest absolute Gasteiger partial charge is 0.464 e. The second kappa shape index (κ2) is 8.63. The average Bonchev–Trinajstić information content (AvgIpc) is 3.09. The van der Waals surface area contributed by atoms with Gasteiger partial charge in [0, 0.05) is 22.8 Å². The van der Waals surface area contributed by atoms with Crippen molar-refractivity contribution in [3.05, 3.63) is 106 Å². The van der Waals surface area contributed by atoms with Gasteiger partial charge in [0.15, 0.2) is 5.78 Å². The van der Waals surface area contributed by atoms with Crippen LogP contribution in [0, 0.1) is 20.8 Å². The highest BCUT2D eigenvalue weighted by atomic mass is 16.5. The van der Waals surface area contributed by atoms with E-state index in [-0.39, 0.29) is 11.5 Å². The molecule has 0 spiro atoms. The highest BCUT2D eigenvalue weighted by Gasteiger charge is 2.24. The quantitative estimate of drug-likeness (QED) is 0.215. The number of aryl methyl sites for hydroxylation is 3. The van der Waals surface area contributed by atoms with E-state index in [4.69, 9.17) is 4.74 Å². The van der Waals surface area contributed by atoms with Gasteiger partial charge in [-0.05, 0) is 43.0 Å². The Morgan fingerprint density at radius 1 is 0.844 bits per heavy atom. The van der Waals surface area contributed by atoms with E-state index in [0.717, 1.165) is 38.9 Å². The predicted octanol–water partition coefficient (Wildman–Crippen LogP) is 4.87. The Labute approximate surface area is 187 Å². The van der Waals surface area contributed by atoms with Crippen molar-refractivity contribution in [1.82, 2.24) is 5.43 Å². The van der Waals surface area contributed by atoms with Crippen molar-refractivity contribution >= 4 is 17.5 Å². The van der Waals surface area contributed by atoms with Crippen LogP contribution in [0.1, 0.15) is 38.2 Å². The first-order chi connectivity index (χ1) is 15.4. The van der Waals surface area contributed by atoms with Crippen LogP contribution < -0.4 is 5.43 Å². The molecule has 4 rings (SSSR count). The Morgan fingerprint density at radius 2 is 1.34 bits per heavy atom. The van der Waals surface area contributed by atoms with Crippen molar-refractivity contribution in [3.8, 4) is 11.1 Å². The van der Waals surface area contributed by atoms with E-state index in [9.17, 15) is 9.59 Å². The van der Waals surface area contributed by atoms with Gasteiger partial charge in [-0.15, -0.1) is 0 Å². The Kier molecular flexibility index (Phi) is 5.73. The first kappa shape index (κ1) is 21.2. The van der Waals surface area contributed by atoms with E-state index in [1.165, 1.54) is 13.2 Å². The Morgan fingerprint density at radius 3 is 1.84 bits per heavy atom. The normalized spacial score (nSPS) is 12.1. The standard InChI is InChI=1S/C27H24N2O3/c1-16-13-17(2)25(18(3)14-16)24(30)15-23(27(31)32-4)28-29-26-21-11-7-5-9-19(21)20-10-6-8-12-22(20)26/h5-15,28H,1-4H3. The Hall–Kier alpha value is -3.99. The summed E-state index contributed by atoms with van der Waals surface area (Å²) in [6.07, 6.45) is 1.26. The minimum absolute atomic E-state index is 0.0220. The number of rotatable bonds is 5. The van der Waals surface area contributed by atoms with E-state index in [1.54, 1.807) is 0 Å². The number of ether oxygens (including phenoxy) is 1. The third kappa shape index (κ3) is 3.85. The van der Waals surface area contributed by atoms with Gasteiger partial charge in [-0.1, -0.05) is 66.2 Å². The number of ketones is 1. The van der Waals surface area contributed by atoms with Crippen molar-refractivity contribution in [1.29, 1.82) is 0 Å². The topological polar surface area (TPSA) is 67.8 Å². The number of benzene rings is 3. The molecule has 5 nitrogen and oxygen atoms in total. The summed E-state index contributed by atoms with van der Waals surface area (Å²) in [6.45, 7) is 5.76. The number of hydrazone groups is 1. The second-order valence-electron chi connectivity index (χ2n) is 7.85. The molecule has 0 aromatic heterocycles. The van der Waals surface area contributed by atoms with Crippen molar-refractivity contribution in [2.45, 2.75) is 20.8 Å². The lowest BCUT2D eigenvalue weighted by Gasteiger charge is -2.10. The van der Waals surface area contributed by atoms with Gasteiger partial charge in [0.05, 0.1) is 12.8 Å². The molecule has 0 saturated carbocycles. The van der Waals surface area contributed by atoms with Crippen LogP contribution in [0.2, 0.25) is 0 Å². The minimum Gasteiger partial charge on any atom is -0.464 e. The van der Waals surface area contributed by atoms with Gasteiger partial charge in [-0.3, -0.25) is 10.2 Å². The molecule has 3 aromatic rings. The monoisotopic (exact) mass is 424 g/mol. The Bertz CT molecular complexity index is 1230. The van der Waals surface area contributed by atoms with Crippen LogP contribution in [0.5, 0.6) is 0 Å². The molecule has 1 aliphatic carbocycles. The molecule has 0 unspecified atom stereocenters. The van der Waals surface area contributed by atoms with Crippen LogP contribution in [0.15, 0.2) is 77.5 Å². The maximum absolute atomic E-state index is 13.0. The van der Waals surface area contributed by atoms with Gasteiger partial charge >= 0.3 is 5.97 Å². The molecule has 0 fully saturated rings. The molecule has 0 amide bonds. The summed E-state index contributed by atoms with van der Waals surface area (Å²) in [7, 11) is 1.28. The maximum Gasteiger partial charge on any atom is 0.356 e. The SMILES string of the molecule is COC(=O)C(=CC(=O)c1c(C)cc(C)cc1C)NN=C1c2ccccc2-c2ccccc21. The van der Waals surface area contributed by atoms with E-state index in [1.807, 2.05) is 81.4 Å². The van der Waals surface area contributed by atoms with Gasteiger partial charge in [0.2, 0.25) is 0 Å². The van der Waals surface area contributed by atoms with E-state index in [2.05, 4.69) is 10.5 Å². The zero-order chi connectivity index (χ0) is 22.8. The number of hydrogen-bond acceptors (Lipinski definition) is 5. The van der Waals surface area contributed by atoms with E-state index >= 15 is 0 Å². The third-order valence-electron chi connectivity index (χ3n) is 5.55. The summed E-state index contributed by atoms with van der Waals surface area (Å²) in [4.78, 5) is 25.5. The molecule has 3 aromatic carbocycles. The van der Waals surface area contributed by atoms with Gasteiger partial charge in [-0.2, -0.15) is 5.10 Å². The molecule has 1 aliphatic rings. The van der Waals surface area contributed by atoms with Crippen LogP contribution in [-0.4, -0.2) is 24.6 Å². The number of allylic oxidation sites excluding steroid dienone is 1. The summed E-state index contributed by atoms with van der Waals surface area (Å²) in [5.41, 5.74) is 10.9. The summed E-state index contributed by atoms with van der Waals surface area (Å²) in [5.74, 6) is -0.940. The van der Waals surface area contributed by atoms with Crippen LogP contribution >= 0.6 is 0 Å². The van der Waals surface area contributed by atoms with Crippen LogP contribution in [-0.2, 0) is 9.53 Å². The lowest BCUT2D eigenvalue weighted by atomic mass is 9.96. The maximum atomic E-state index is 13.0. The smallest absolute Gasteiger partial charge is 0.356 e. The third-order valence-corrected chi connectivity index (χ3v) is 5.55. The lowest BCUT2D eigenvalue weighted by Crippen LogP contribution is -2.21. The fourth-order valence-electron chi connectivity index (χ4n) is 4.25. The van der Waals surface area contributed by atoms with Crippen molar-refractivity contribution in [3.63, 3.8) is 0 Å². The summed E-state index contributed by atoms with van der Waals surface area (Å²) in [6, 6.07) is 19.8. The number of nitrogens with zero attached hydrogens (tertiary/aromatic N) is 1. The highest BCUT2D eigenvalue weighted by Crippen LogP contribution is 2.36. The molecule has 32 heavy (non-hydrogen) atoms. The molecule has 0 radical (unpaired) electrons. The lowest BCUT2D eigenvalue weighted by molar-refractivity contribution is -0.136. The Balaban J connectivity index is 1.73. The highest BCUT2D eigenvalue weighted by molar-refractivity contribution is 6.24. The van der Waals surface area contributed by atoms with Gasteiger partial charge < -0.3 is 4.74 Å².